The summed E-state index contributed by atoms with van der Waals surface area (Å²) in [5.74, 6) is -2.31. The number of carbonyl (C=O) groups is 3. The first-order valence-corrected chi connectivity index (χ1v) is 17.8. The molecule has 6 rings (SSSR count). The van der Waals surface area contributed by atoms with E-state index in [4.69, 9.17) is 19.2 Å². The predicted molar refractivity (Wildman–Crippen MR) is 184 cm³/mol. The summed E-state index contributed by atoms with van der Waals surface area (Å²) < 4.78 is 63.8. The second-order valence-electron chi connectivity index (χ2n) is 13.3. The van der Waals surface area contributed by atoms with Gasteiger partial charge in [-0.3, -0.25) is 9.59 Å². The minimum atomic E-state index is -1.34. The third kappa shape index (κ3) is 8.76. The Morgan fingerprint density at radius 1 is 1.08 bits per heavy atom. The number of benzene rings is 2. The molecule has 3 N–H and O–H groups in total. The predicted octanol–water partition coefficient (Wildman–Crippen LogP) is 3.75. The third-order valence-electron chi connectivity index (χ3n) is 9.89. The maximum atomic E-state index is 15.6. The zero-order chi connectivity index (χ0) is 36.6. The minimum absolute atomic E-state index is 0.00604. The van der Waals surface area contributed by atoms with Gasteiger partial charge in [0.1, 0.15) is 23.6 Å². The number of nitrogens with one attached hydrogen (secondary N) is 3. The van der Waals surface area contributed by atoms with E-state index in [-0.39, 0.29) is 55.9 Å². The van der Waals surface area contributed by atoms with E-state index >= 15 is 8.78 Å². The molecule has 0 radical (unpaired) electrons. The van der Waals surface area contributed by atoms with Crippen molar-refractivity contribution in [2.45, 2.75) is 57.1 Å². The van der Waals surface area contributed by atoms with Gasteiger partial charge >= 0.3 is 6.09 Å². The monoisotopic (exact) mass is 726 g/mol. The molecule has 12 nitrogen and oxygen atoms in total. The van der Waals surface area contributed by atoms with Gasteiger partial charge in [0.15, 0.2) is 6.10 Å². The van der Waals surface area contributed by atoms with Crippen LogP contribution in [-0.2, 0) is 30.3 Å². The fourth-order valence-corrected chi connectivity index (χ4v) is 7.25. The van der Waals surface area contributed by atoms with Gasteiger partial charge in [0.25, 0.3) is 5.91 Å². The van der Waals surface area contributed by atoms with Crippen LogP contribution < -0.4 is 16.0 Å². The van der Waals surface area contributed by atoms with E-state index in [2.05, 4.69) is 16.0 Å². The van der Waals surface area contributed by atoms with Crippen LogP contribution in [0.2, 0.25) is 0 Å². The number of hydrogen-bond donors (Lipinski definition) is 3. The largest absolute Gasteiger partial charge is 0.434 e. The fraction of sp³-hybridized carbons (Fsp3) is 0.514. The normalized spacial score (nSPS) is 22.5. The molecule has 280 valence electrons. The van der Waals surface area contributed by atoms with E-state index < -0.39 is 53.9 Å². The third-order valence-corrected chi connectivity index (χ3v) is 9.89. The average molecular weight is 727 g/mol. The molecule has 5 atom stereocenters. The Morgan fingerprint density at radius 3 is 2.58 bits per heavy atom. The molecule has 0 spiro atoms. The van der Waals surface area contributed by atoms with Crippen molar-refractivity contribution in [1.82, 2.24) is 30.4 Å². The van der Waals surface area contributed by atoms with Gasteiger partial charge in [-0.25, -0.2) is 22.9 Å². The van der Waals surface area contributed by atoms with Crippen LogP contribution in [0.3, 0.4) is 0 Å². The summed E-state index contributed by atoms with van der Waals surface area (Å²) in [4.78, 5) is 45.4. The highest BCUT2D eigenvalue weighted by Crippen LogP contribution is 2.41. The summed E-state index contributed by atoms with van der Waals surface area (Å²) in [6.45, 7) is 3.77. The van der Waals surface area contributed by atoms with Crippen molar-refractivity contribution in [1.29, 1.82) is 0 Å². The maximum Gasteiger partial charge on any atom is 0.408 e. The topological polar surface area (TPSA) is 136 Å². The Morgan fingerprint density at radius 2 is 1.83 bits per heavy atom. The Hall–Kier alpha value is -4.47. The van der Waals surface area contributed by atoms with Gasteiger partial charge in [0.05, 0.1) is 31.0 Å². The summed E-state index contributed by atoms with van der Waals surface area (Å²) in [5.41, 5.74) is 1.08. The number of amides is 3. The van der Waals surface area contributed by atoms with Crippen molar-refractivity contribution in [3.8, 4) is 11.3 Å². The molecule has 3 fully saturated rings. The second kappa shape index (κ2) is 17.4. The summed E-state index contributed by atoms with van der Waals surface area (Å²) in [6.07, 6.45) is -0.362. The lowest BCUT2D eigenvalue weighted by Gasteiger charge is -2.45. The van der Waals surface area contributed by atoms with Crippen LogP contribution in [0, 0.1) is 23.5 Å². The van der Waals surface area contributed by atoms with Crippen LogP contribution in [0.15, 0.2) is 54.7 Å². The van der Waals surface area contributed by atoms with Crippen LogP contribution >= 0.6 is 0 Å². The van der Waals surface area contributed by atoms with E-state index in [9.17, 15) is 18.8 Å². The minimum Gasteiger partial charge on any atom is -0.434 e. The van der Waals surface area contributed by atoms with E-state index in [1.165, 1.54) is 0 Å². The zero-order valence-electron chi connectivity index (χ0n) is 29.1. The zero-order valence-corrected chi connectivity index (χ0v) is 29.1. The van der Waals surface area contributed by atoms with E-state index in [0.29, 0.717) is 51.4 Å². The van der Waals surface area contributed by atoms with E-state index in [1.807, 2.05) is 34.9 Å². The SMILES string of the molecule is CCC(=O)NCCOCCNC(=O)OC1C(=O)N(C(c2nc(-c3cc(F)ccc3F)cn2Cc2ccccc2)C2CCOCC2)CC2C(F)CNC12. The molecule has 3 amide bonds. The lowest BCUT2D eigenvalue weighted by atomic mass is 9.84. The molecule has 5 unspecified atom stereocenters. The number of alkyl carbamates (subject to hydrolysis) is 1. The highest BCUT2D eigenvalue weighted by atomic mass is 19.1. The van der Waals surface area contributed by atoms with Crippen molar-refractivity contribution in [2.75, 3.05) is 52.6 Å². The molecule has 3 aliphatic rings. The summed E-state index contributed by atoms with van der Waals surface area (Å²) in [5, 5.41) is 8.34. The molecule has 52 heavy (non-hydrogen) atoms. The van der Waals surface area contributed by atoms with Gasteiger partial charge in [-0.2, -0.15) is 0 Å². The number of ether oxygens (including phenoxy) is 3. The molecular weight excluding hydrogens is 681 g/mol. The first-order chi connectivity index (χ1) is 25.2. The number of nitrogens with zero attached hydrogens (tertiary/aromatic N) is 3. The van der Waals surface area contributed by atoms with Gasteiger partial charge < -0.3 is 39.6 Å². The van der Waals surface area contributed by atoms with Gasteiger partial charge in [-0.15, -0.1) is 0 Å². The average Bonchev–Trinajstić information content (AvgIpc) is 3.73. The van der Waals surface area contributed by atoms with Crippen molar-refractivity contribution in [3.05, 3.63) is 77.8 Å². The lowest BCUT2D eigenvalue weighted by molar-refractivity contribution is -0.155. The van der Waals surface area contributed by atoms with Crippen LogP contribution in [0.4, 0.5) is 18.0 Å². The molecule has 1 aromatic heterocycles. The van der Waals surface area contributed by atoms with Crippen LogP contribution in [0.1, 0.15) is 43.6 Å². The standard InChI is InChI=1S/C37H45F3N6O6/c1-2-31(47)41-12-16-51-17-13-42-37(49)52-34-32-27(29(40)19-43-32)21-46(36(34)48)33(24-10-14-50-15-11-24)35-44-30(26-18-25(38)8-9-28(26)39)22-45(35)20-23-6-4-3-5-7-23/h3-9,18,22,24,27,29,32-34,43H,2,10-17,19-21H2,1H3,(H,41,47)(H,42,49). The lowest BCUT2D eigenvalue weighted by Crippen LogP contribution is -2.62. The number of imidazole rings is 1. The number of alkyl halides is 1. The number of halogens is 3. The van der Waals surface area contributed by atoms with Crippen molar-refractivity contribution < 1.29 is 41.8 Å². The smallest absolute Gasteiger partial charge is 0.408 e. The summed E-state index contributed by atoms with van der Waals surface area (Å²) >= 11 is 0. The molecule has 0 aliphatic carbocycles. The molecule has 0 saturated carbocycles. The van der Waals surface area contributed by atoms with Crippen LogP contribution in [-0.4, -0.2) is 103 Å². The Labute approximate surface area is 300 Å². The van der Waals surface area contributed by atoms with Gasteiger partial charge in [0.2, 0.25) is 5.91 Å². The molecule has 15 heteroatoms. The van der Waals surface area contributed by atoms with Crippen LogP contribution in [0.5, 0.6) is 0 Å². The number of fused-ring (bicyclic) bond motifs is 1. The highest BCUT2D eigenvalue weighted by Gasteiger charge is 2.54. The summed E-state index contributed by atoms with van der Waals surface area (Å²) in [6, 6.07) is 11.2. The molecular formula is C37H45F3N6O6. The Bertz CT molecular complexity index is 1690. The molecule has 3 saturated heterocycles. The van der Waals surface area contributed by atoms with Gasteiger partial charge in [-0.05, 0) is 42.5 Å². The van der Waals surface area contributed by atoms with Crippen molar-refractivity contribution in [3.63, 3.8) is 0 Å². The van der Waals surface area contributed by atoms with E-state index in [0.717, 1.165) is 23.8 Å². The van der Waals surface area contributed by atoms with Crippen LogP contribution in [0.25, 0.3) is 11.3 Å². The second-order valence-corrected chi connectivity index (χ2v) is 13.3. The molecule has 0 bridgehead atoms. The van der Waals surface area contributed by atoms with E-state index in [1.54, 1.807) is 18.0 Å². The molecule has 4 heterocycles. The number of piperidine rings is 1. The van der Waals surface area contributed by atoms with Gasteiger partial charge in [0, 0.05) is 70.0 Å². The van der Waals surface area contributed by atoms with Crippen molar-refractivity contribution >= 4 is 17.9 Å². The molecule has 3 aromatic rings. The van der Waals surface area contributed by atoms with Crippen molar-refractivity contribution in [2.24, 2.45) is 11.8 Å². The quantitative estimate of drug-likeness (QED) is 0.214. The fourth-order valence-electron chi connectivity index (χ4n) is 7.25. The molecule has 2 aromatic carbocycles. The summed E-state index contributed by atoms with van der Waals surface area (Å²) in [7, 11) is 0. The Kier molecular flexibility index (Phi) is 12.5. The Balaban J connectivity index is 1.29. The first kappa shape index (κ1) is 37.3. The number of likely N-dealkylation sites (tertiary alicyclic amines) is 1. The van der Waals surface area contributed by atoms with Gasteiger partial charge in [-0.1, -0.05) is 37.3 Å². The number of carbonyl (C=O) groups excluding carboxylic acids is 3. The number of aromatic nitrogens is 2. The number of hydrogen-bond acceptors (Lipinski definition) is 8. The highest BCUT2D eigenvalue weighted by molar-refractivity contribution is 5.86. The number of rotatable bonds is 14. The maximum absolute atomic E-state index is 15.6. The molecule has 3 aliphatic heterocycles. The first-order valence-electron chi connectivity index (χ1n) is 17.8.